The van der Waals surface area contributed by atoms with Crippen molar-refractivity contribution < 1.29 is 14.3 Å². The van der Waals surface area contributed by atoms with E-state index in [2.05, 4.69) is 9.97 Å². The lowest BCUT2D eigenvalue weighted by atomic mass is 10.1. The standard InChI is InChI=1S/C18H21N3O3/c1-14(23-15-7-3-2-4-8-15)17(22)21-12-5-9-16(13-21)24-18-19-10-6-11-20-18/h2-4,6-8,10-11,14,16H,5,9,12-13H2,1H3. The Morgan fingerprint density at radius 3 is 2.71 bits per heavy atom. The summed E-state index contributed by atoms with van der Waals surface area (Å²) in [4.78, 5) is 22.6. The van der Waals surface area contributed by atoms with Gasteiger partial charge in [-0.2, -0.15) is 0 Å². The summed E-state index contributed by atoms with van der Waals surface area (Å²) in [7, 11) is 0. The topological polar surface area (TPSA) is 64.5 Å². The third-order valence-corrected chi connectivity index (χ3v) is 3.91. The van der Waals surface area contributed by atoms with Crippen LogP contribution >= 0.6 is 0 Å². The fraction of sp³-hybridized carbons (Fsp3) is 0.389. The number of hydrogen-bond acceptors (Lipinski definition) is 5. The van der Waals surface area contributed by atoms with Crippen molar-refractivity contribution in [1.82, 2.24) is 14.9 Å². The quantitative estimate of drug-likeness (QED) is 0.843. The maximum atomic E-state index is 12.6. The van der Waals surface area contributed by atoms with E-state index < -0.39 is 6.10 Å². The molecule has 1 aliphatic heterocycles. The second-order valence-electron chi connectivity index (χ2n) is 5.77. The molecule has 2 unspecified atom stereocenters. The Morgan fingerprint density at radius 2 is 1.96 bits per heavy atom. The number of carbonyl (C=O) groups is 1. The summed E-state index contributed by atoms with van der Waals surface area (Å²) in [5.74, 6) is 0.668. The summed E-state index contributed by atoms with van der Waals surface area (Å²) >= 11 is 0. The average Bonchev–Trinajstić information content (AvgIpc) is 2.63. The van der Waals surface area contributed by atoms with E-state index in [9.17, 15) is 4.79 Å². The van der Waals surface area contributed by atoms with Crippen LogP contribution in [0.5, 0.6) is 11.8 Å². The van der Waals surface area contributed by atoms with Gasteiger partial charge in [0.15, 0.2) is 6.10 Å². The molecule has 1 aliphatic rings. The van der Waals surface area contributed by atoms with Gasteiger partial charge in [0.25, 0.3) is 5.91 Å². The molecule has 0 radical (unpaired) electrons. The predicted molar refractivity (Wildman–Crippen MR) is 88.8 cm³/mol. The molecule has 1 saturated heterocycles. The number of nitrogens with zero attached hydrogens (tertiary/aromatic N) is 3. The zero-order valence-corrected chi connectivity index (χ0v) is 13.7. The molecule has 3 rings (SSSR count). The van der Waals surface area contributed by atoms with Crippen molar-refractivity contribution in [3.63, 3.8) is 0 Å². The van der Waals surface area contributed by atoms with Gasteiger partial charge in [-0.05, 0) is 38.0 Å². The van der Waals surface area contributed by atoms with Gasteiger partial charge in [0.05, 0.1) is 6.54 Å². The highest BCUT2D eigenvalue weighted by Gasteiger charge is 2.29. The Bertz CT molecular complexity index is 651. The number of benzene rings is 1. The molecule has 1 amide bonds. The first-order valence-corrected chi connectivity index (χ1v) is 8.16. The highest BCUT2D eigenvalue weighted by atomic mass is 16.5. The number of carbonyl (C=O) groups excluding carboxylic acids is 1. The normalized spacial score (nSPS) is 18.7. The van der Waals surface area contributed by atoms with E-state index in [1.54, 1.807) is 30.3 Å². The number of likely N-dealkylation sites (tertiary alicyclic amines) is 1. The monoisotopic (exact) mass is 327 g/mol. The Kier molecular flexibility index (Phi) is 5.25. The van der Waals surface area contributed by atoms with Crippen molar-refractivity contribution in [2.75, 3.05) is 13.1 Å². The molecule has 1 aromatic carbocycles. The summed E-state index contributed by atoms with van der Waals surface area (Å²) in [6.07, 6.45) is 4.44. The number of ether oxygens (including phenoxy) is 2. The minimum Gasteiger partial charge on any atom is -0.481 e. The molecule has 2 heterocycles. The van der Waals surface area contributed by atoms with E-state index in [4.69, 9.17) is 9.47 Å². The van der Waals surface area contributed by atoms with E-state index >= 15 is 0 Å². The van der Waals surface area contributed by atoms with Gasteiger partial charge in [-0.25, -0.2) is 9.97 Å². The first-order valence-electron chi connectivity index (χ1n) is 8.16. The minimum atomic E-state index is -0.529. The molecule has 1 fully saturated rings. The van der Waals surface area contributed by atoms with Gasteiger partial charge in [-0.3, -0.25) is 4.79 Å². The summed E-state index contributed by atoms with van der Waals surface area (Å²) in [5.41, 5.74) is 0. The van der Waals surface area contributed by atoms with Crippen LogP contribution in [0.3, 0.4) is 0 Å². The fourth-order valence-electron chi connectivity index (χ4n) is 2.74. The number of para-hydroxylation sites is 1. The maximum absolute atomic E-state index is 12.6. The molecule has 6 nitrogen and oxygen atoms in total. The summed E-state index contributed by atoms with van der Waals surface area (Å²) in [6.45, 7) is 3.02. The van der Waals surface area contributed by atoms with Crippen molar-refractivity contribution in [2.45, 2.75) is 32.0 Å². The van der Waals surface area contributed by atoms with Crippen LogP contribution in [0.15, 0.2) is 48.8 Å². The Balaban J connectivity index is 1.56. The lowest BCUT2D eigenvalue weighted by molar-refractivity contribution is -0.140. The highest BCUT2D eigenvalue weighted by molar-refractivity contribution is 5.81. The summed E-state index contributed by atoms with van der Waals surface area (Å²) in [5, 5.41) is 0. The van der Waals surface area contributed by atoms with Crippen molar-refractivity contribution in [3.8, 4) is 11.8 Å². The molecular formula is C18H21N3O3. The lowest BCUT2D eigenvalue weighted by Gasteiger charge is -2.33. The van der Waals surface area contributed by atoms with Crippen molar-refractivity contribution in [2.24, 2.45) is 0 Å². The van der Waals surface area contributed by atoms with Gasteiger partial charge in [0.2, 0.25) is 0 Å². The minimum absolute atomic E-state index is 0.0267. The lowest BCUT2D eigenvalue weighted by Crippen LogP contribution is -2.48. The third-order valence-electron chi connectivity index (χ3n) is 3.91. The second kappa shape index (κ2) is 7.77. The highest BCUT2D eigenvalue weighted by Crippen LogP contribution is 2.18. The third kappa shape index (κ3) is 4.22. The van der Waals surface area contributed by atoms with Crippen molar-refractivity contribution >= 4 is 5.91 Å². The van der Waals surface area contributed by atoms with E-state index in [0.717, 1.165) is 19.4 Å². The van der Waals surface area contributed by atoms with Gasteiger partial charge < -0.3 is 14.4 Å². The molecule has 24 heavy (non-hydrogen) atoms. The van der Waals surface area contributed by atoms with Crippen molar-refractivity contribution in [1.29, 1.82) is 0 Å². The second-order valence-corrected chi connectivity index (χ2v) is 5.77. The SMILES string of the molecule is CC(Oc1ccccc1)C(=O)N1CCCC(Oc2ncccn2)C1. The number of aromatic nitrogens is 2. The maximum Gasteiger partial charge on any atom is 0.316 e. The molecule has 1 aromatic heterocycles. The van der Waals surface area contributed by atoms with Crippen LogP contribution in [0.1, 0.15) is 19.8 Å². The average molecular weight is 327 g/mol. The van der Waals surface area contributed by atoms with Gasteiger partial charge in [0, 0.05) is 18.9 Å². The van der Waals surface area contributed by atoms with E-state index in [-0.39, 0.29) is 12.0 Å². The molecule has 2 aromatic rings. The largest absolute Gasteiger partial charge is 0.481 e. The smallest absolute Gasteiger partial charge is 0.316 e. The number of hydrogen-bond donors (Lipinski definition) is 0. The molecular weight excluding hydrogens is 306 g/mol. The fourth-order valence-corrected chi connectivity index (χ4v) is 2.74. The number of piperidine rings is 1. The molecule has 0 aliphatic carbocycles. The Labute approximate surface area is 141 Å². The summed E-state index contributed by atoms with van der Waals surface area (Å²) < 4.78 is 11.5. The Hall–Kier alpha value is -2.63. The van der Waals surface area contributed by atoms with Crippen LogP contribution in [0.4, 0.5) is 0 Å². The van der Waals surface area contributed by atoms with Gasteiger partial charge in [-0.1, -0.05) is 18.2 Å². The van der Waals surface area contributed by atoms with Crippen LogP contribution < -0.4 is 9.47 Å². The van der Waals surface area contributed by atoms with E-state index in [0.29, 0.717) is 18.3 Å². The van der Waals surface area contributed by atoms with Crippen LogP contribution in [0.2, 0.25) is 0 Å². The number of amides is 1. The zero-order chi connectivity index (χ0) is 16.8. The van der Waals surface area contributed by atoms with Gasteiger partial charge in [0.1, 0.15) is 11.9 Å². The Morgan fingerprint density at radius 1 is 1.21 bits per heavy atom. The van der Waals surface area contributed by atoms with E-state index in [1.807, 2.05) is 30.3 Å². The first-order chi connectivity index (χ1) is 11.7. The summed E-state index contributed by atoms with van der Waals surface area (Å²) in [6, 6.07) is 11.5. The number of rotatable bonds is 5. The molecule has 126 valence electrons. The van der Waals surface area contributed by atoms with Crippen LogP contribution in [-0.4, -0.2) is 46.1 Å². The molecule has 6 heteroatoms. The van der Waals surface area contributed by atoms with Crippen molar-refractivity contribution in [3.05, 3.63) is 48.8 Å². The van der Waals surface area contributed by atoms with Gasteiger partial charge >= 0.3 is 6.01 Å². The van der Waals surface area contributed by atoms with Crippen LogP contribution in [0, 0.1) is 0 Å². The molecule has 0 saturated carbocycles. The van der Waals surface area contributed by atoms with Crippen LogP contribution in [-0.2, 0) is 4.79 Å². The zero-order valence-electron chi connectivity index (χ0n) is 13.7. The predicted octanol–water partition coefficient (Wildman–Crippen LogP) is 2.31. The van der Waals surface area contributed by atoms with Crippen LogP contribution in [0.25, 0.3) is 0 Å². The molecule has 0 spiro atoms. The molecule has 2 atom stereocenters. The first kappa shape index (κ1) is 16.2. The molecule has 0 N–H and O–H groups in total. The van der Waals surface area contributed by atoms with Gasteiger partial charge in [-0.15, -0.1) is 0 Å². The molecule has 0 bridgehead atoms. The van der Waals surface area contributed by atoms with E-state index in [1.165, 1.54) is 0 Å².